The van der Waals surface area contributed by atoms with E-state index >= 15 is 0 Å². The van der Waals surface area contributed by atoms with Crippen LogP contribution in [0.5, 0.6) is 0 Å². The van der Waals surface area contributed by atoms with Crippen LogP contribution in [0.3, 0.4) is 0 Å². The highest BCUT2D eigenvalue weighted by molar-refractivity contribution is 5.84. The highest BCUT2D eigenvalue weighted by Gasteiger charge is 2.33. The molecule has 1 aliphatic heterocycles. The third kappa shape index (κ3) is 2.74. The van der Waals surface area contributed by atoms with Crippen molar-refractivity contribution in [2.24, 2.45) is 17.8 Å². The maximum atomic E-state index is 12.4. The number of nitrogens with zero attached hydrogens (tertiary/aromatic N) is 1. The SMILES string of the molecule is CC1CCN(C(=O)[C@H]2CC=CC[C@H]2C(=O)[O-])CC1. The Balaban J connectivity index is 2.03. The fourth-order valence-corrected chi connectivity index (χ4v) is 2.81. The van der Waals surface area contributed by atoms with Gasteiger partial charge in [0.05, 0.1) is 0 Å². The van der Waals surface area contributed by atoms with Crippen molar-refractivity contribution >= 4 is 11.9 Å². The molecular weight excluding hydrogens is 230 g/mol. The minimum absolute atomic E-state index is 0.000417. The highest BCUT2D eigenvalue weighted by atomic mass is 16.4. The van der Waals surface area contributed by atoms with Gasteiger partial charge in [0.25, 0.3) is 0 Å². The second-order valence-corrected chi connectivity index (χ2v) is 5.48. The summed E-state index contributed by atoms with van der Waals surface area (Å²) in [6.07, 6.45) is 6.73. The topological polar surface area (TPSA) is 60.4 Å². The molecule has 2 atom stereocenters. The summed E-state index contributed by atoms with van der Waals surface area (Å²) in [6.45, 7) is 3.72. The highest BCUT2D eigenvalue weighted by Crippen LogP contribution is 2.28. The normalized spacial score (nSPS) is 29.3. The van der Waals surface area contributed by atoms with Gasteiger partial charge < -0.3 is 14.8 Å². The van der Waals surface area contributed by atoms with E-state index in [4.69, 9.17) is 0 Å². The lowest BCUT2D eigenvalue weighted by Crippen LogP contribution is -2.47. The average Bonchev–Trinajstić information content (AvgIpc) is 2.39. The summed E-state index contributed by atoms with van der Waals surface area (Å²) in [4.78, 5) is 25.3. The Labute approximate surface area is 108 Å². The van der Waals surface area contributed by atoms with Gasteiger partial charge in [0.15, 0.2) is 0 Å². The molecule has 0 bridgehead atoms. The Bertz CT molecular complexity index is 356. The largest absolute Gasteiger partial charge is 0.550 e. The minimum Gasteiger partial charge on any atom is -0.550 e. The van der Waals surface area contributed by atoms with Crippen molar-refractivity contribution in [2.75, 3.05) is 13.1 Å². The number of amides is 1. The van der Waals surface area contributed by atoms with Gasteiger partial charge in [-0.2, -0.15) is 0 Å². The number of carbonyl (C=O) groups excluding carboxylic acids is 2. The summed E-state index contributed by atoms with van der Waals surface area (Å²) in [6, 6.07) is 0. The summed E-state index contributed by atoms with van der Waals surface area (Å²) in [7, 11) is 0. The molecule has 0 saturated carbocycles. The maximum Gasteiger partial charge on any atom is 0.226 e. The van der Waals surface area contributed by atoms with Gasteiger partial charge in [-0.25, -0.2) is 0 Å². The molecule has 100 valence electrons. The quantitative estimate of drug-likeness (QED) is 0.673. The monoisotopic (exact) mass is 250 g/mol. The van der Waals surface area contributed by atoms with Gasteiger partial charge >= 0.3 is 0 Å². The van der Waals surface area contributed by atoms with Crippen LogP contribution in [-0.2, 0) is 9.59 Å². The van der Waals surface area contributed by atoms with Gasteiger partial charge in [0.1, 0.15) is 0 Å². The molecule has 2 aliphatic rings. The van der Waals surface area contributed by atoms with Crippen LogP contribution in [0.15, 0.2) is 12.2 Å². The van der Waals surface area contributed by atoms with Crippen molar-refractivity contribution < 1.29 is 14.7 Å². The molecule has 1 aliphatic carbocycles. The number of hydrogen-bond acceptors (Lipinski definition) is 3. The number of aliphatic carboxylic acids is 1. The molecule has 1 saturated heterocycles. The van der Waals surface area contributed by atoms with Crippen LogP contribution in [0.4, 0.5) is 0 Å². The molecule has 0 unspecified atom stereocenters. The van der Waals surface area contributed by atoms with Crippen LogP contribution in [0, 0.1) is 17.8 Å². The zero-order valence-corrected chi connectivity index (χ0v) is 10.8. The molecule has 0 N–H and O–H groups in total. The van der Waals surface area contributed by atoms with Crippen molar-refractivity contribution in [1.82, 2.24) is 4.90 Å². The van der Waals surface area contributed by atoms with E-state index in [1.165, 1.54) is 0 Å². The van der Waals surface area contributed by atoms with Crippen LogP contribution < -0.4 is 5.11 Å². The smallest absolute Gasteiger partial charge is 0.226 e. The van der Waals surface area contributed by atoms with Crippen molar-refractivity contribution in [3.8, 4) is 0 Å². The van der Waals surface area contributed by atoms with E-state index in [2.05, 4.69) is 6.92 Å². The number of likely N-dealkylation sites (tertiary alicyclic amines) is 1. The molecule has 0 radical (unpaired) electrons. The molecule has 0 spiro atoms. The van der Waals surface area contributed by atoms with Crippen molar-refractivity contribution in [2.45, 2.75) is 32.6 Å². The summed E-state index contributed by atoms with van der Waals surface area (Å²) in [5.74, 6) is -1.50. The van der Waals surface area contributed by atoms with Gasteiger partial charge in [-0.1, -0.05) is 19.1 Å². The third-order valence-corrected chi connectivity index (χ3v) is 4.15. The Kier molecular flexibility index (Phi) is 4.04. The molecule has 0 aromatic carbocycles. The Morgan fingerprint density at radius 1 is 1.11 bits per heavy atom. The number of carboxylic acid groups (broad SMARTS) is 1. The van der Waals surface area contributed by atoms with E-state index < -0.39 is 17.8 Å². The van der Waals surface area contributed by atoms with Gasteiger partial charge in [0, 0.05) is 30.9 Å². The van der Waals surface area contributed by atoms with Gasteiger partial charge in [-0.3, -0.25) is 4.79 Å². The zero-order valence-electron chi connectivity index (χ0n) is 10.8. The van der Waals surface area contributed by atoms with Gasteiger partial charge in [-0.05, 0) is 31.6 Å². The Hall–Kier alpha value is -1.32. The molecule has 0 aromatic heterocycles. The lowest BCUT2D eigenvalue weighted by Gasteiger charge is -2.36. The molecule has 1 heterocycles. The van der Waals surface area contributed by atoms with Crippen LogP contribution in [0.2, 0.25) is 0 Å². The van der Waals surface area contributed by atoms with E-state index in [9.17, 15) is 14.7 Å². The van der Waals surface area contributed by atoms with E-state index in [1.807, 2.05) is 17.1 Å². The van der Waals surface area contributed by atoms with Gasteiger partial charge in [-0.15, -0.1) is 0 Å². The summed E-state index contributed by atoms with van der Waals surface area (Å²) in [5.41, 5.74) is 0. The predicted octanol–water partition coefficient (Wildman–Crippen LogP) is 0.577. The van der Waals surface area contributed by atoms with Crippen LogP contribution >= 0.6 is 0 Å². The molecule has 18 heavy (non-hydrogen) atoms. The first-order valence-corrected chi connectivity index (χ1v) is 6.74. The number of rotatable bonds is 2. The molecule has 2 rings (SSSR count). The molecule has 1 amide bonds. The second-order valence-electron chi connectivity index (χ2n) is 5.48. The Morgan fingerprint density at radius 2 is 1.67 bits per heavy atom. The molecule has 4 nitrogen and oxygen atoms in total. The molecular formula is C14H20NO3-. The van der Waals surface area contributed by atoms with E-state index in [-0.39, 0.29) is 5.91 Å². The summed E-state index contributed by atoms with van der Waals surface area (Å²) in [5, 5.41) is 11.1. The van der Waals surface area contributed by atoms with E-state index in [0.29, 0.717) is 18.8 Å². The van der Waals surface area contributed by atoms with Crippen molar-refractivity contribution in [3.63, 3.8) is 0 Å². The summed E-state index contributed by atoms with van der Waals surface area (Å²) >= 11 is 0. The fourth-order valence-electron chi connectivity index (χ4n) is 2.81. The first-order chi connectivity index (χ1) is 8.59. The first-order valence-electron chi connectivity index (χ1n) is 6.74. The van der Waals surface area contributed by atoms with Crippen molar-refractivity contribution in [1.29, 1.82) is 0 Å². The van der Waals surface area contributed by atoms with Gasteiger partial charge in [0.2, 0.25) is 5.91 Å². The average molecular weight is 250 g/mol. The number of carbonyl (C=O) groups is 2. The second kappa shape index (κ2) is 5.55. The number of allylic oxidation sites excluding steroid dienone is 2. The number of piperidine rings is 1. The zero-order chi connectivity index (χ0) is 13.1. The fraction of sp³-hybridized carbons (Fsp3) is 0.714. The first kappa shape index (κ1) is 13.1. The number of hydrogen-bond donors (Lipinski definition) is 0. The lowest BCUT2D eigenvalue weighted by molar-refractivity contribution is -0.313. The van der Waals surface area contributed by atoms with Crippen LogP contribution in [-0.4, -0.2) is 29.9 Å². The van der Waals surface area contributed by atoms with Crippen LogP contribution in [0.25, 0.3) is 0 Å². The van der Waals surface area contributed by atoms with Crippen molar-refractivity contribution in [3.05, 3.63) is 12.2 Å². The van der Waals surface area contributed by atoms with Crippen LogP contribution in [0.1, 0.15) is 32.6 Å². The molecule has 0 aromatic rings. The number of carboxylic acids is 1. The molecule has 1 fully saturated rings. The lowest BCUT2D eigenvalue weighted by atomic mass is 9.81. The summed E-state index contributed by atoms with van der Waals surface area (Å²) < 4.78 is 0. The minimum atomic E-state index is -1.09. The predicted molar refractivity (Wildman–Crippen MR) is 65.3 cm³/mol. The van der Waals surface area contributed by atoms with E-state index in [0.717, 1.165) is 25.9 Å². The van der Waals surface area contributed by atoms with E-state index in [1.54, 1.807) is 0 Å². The Morgan fingerprint density at radius 3 is 2.22 bits per heavy atom. The standard InChI is InChI=1S/C14H21NO3/c1-10-6-8-15(9-7-10)13(16)11-4-2-3-5-12(11)14(17)18/h2-3,10-12H,4-9H2,1H3,(H,17,18)/p-1/t11-,12+/m0/s1. The third-order valence-electron chi connectivity index (χ3n) is 4.15. The molecule has 4 heteroatoms. The maximum absolute atomic E-state index is 12.4.